The van der Waals surface area contributed by atoms with Gasteiger partial charge in [-0.25, -0.2) is 9.59 Å². The van der Waals surface area contributed by atoms with Gasteiger partial charge in [0.2, 0.25) is 0 Å². The van der Waals surface area contributed by atoms with Gasteiger partial charge in [-0.2, -0.15) is 0 Å². The van der Waals surface area contributed by atoms with Gasteiger partial charge in [0, 0.05) is 16.7 Å². The average molecular weight is 688 g/mol. The minimum Gasteiger partial charge on any atom is -0.507 e. The second kappa shape index (κ2) is 12.6. The lowest BCUT2D eigenvalue weighted by Crippen LogP contribution is -2.33. The SMILES string of the molecule is CCCc1c(C2(c3cc(O)c(Br)c(CCC)c3CCC)OC(=O)c3c(C(=O)O)cccc32)cc(O)c(Br)c1CCC. The van der Waals surface area contributed by atoms with Crippen molar-refractivity contribution in [3.8, 4) is 11.5 Å². The molecular weight excluding hydrogens is 652 g/mol. The van der Waals surface area contributed by atoms with Gasteiger partial charge >= 0.3 is 11.9 Å². The van der Waals surface area contributed by atoms with E-state index in [-0.39, 0.29) is 22.6 Å². The van der Waals surface area contributed by atoms with Gasteiger partial charge in [0.25, 0.3) is 0 Å². The highest BCUT2D eigenvalue weighted by atomic mass is 79.9. The van der Waals surface area contributed by atoms with Gasteiger partial charge in [-0.3, -0.25) is 0 Å². The average Bonchev–Trinajstić information content (AvgIpc) is 3.25. The van der Waals surface area contributed by atoms with Crippen LogP contribution in [0.2, 0.25) is 0 Å². The molecule has 0 atom stereocenters. The number of aromatic carboxylic acids is 1. The number of hydrogen-bond donors (Lipinski definition) is 3. The Labute approximate surface area is 258 Å². The van der Waals surface area contributed by atoms with E-state index in [9.17, 15) is 24.9 Å². The molecule has 41 heavy (non-hydrogen) atoms. The number of aromatic hydroxyl groups is 2. The maximum Gasteiger partial charge on any atom is 0.341 e. The maximum atomic E-state index is 13.8. The number of cyclic esters (lactones) is 1. The van der Waals surface area contributed by atoms with Crippen LogP contribution in [-0.4, -0.2) is 27.3 Å². The number of phenolic OH excluding ortho intramolecular Hbond substituents is 2. The Bertz CT molecular complexity index is 1440. The molecule has 3 aromatic carbocycles. The fourth-order valence-corrected chi connectivity index (χ4v) is 7.33. The summed E-state index contributed by atoms with van der Waals surface area (Å²) in [6, 6.07) is 8.03. The topological polar surface area (TPSA) is 104 Å². The number of carbonyl (C=O) groups is 2. The summed E-state index contributed by atoms with van der Waals surface area (Å²) in [5.41, 5.74) is 3.53. The van der Waals surface area contributed by atoms with Crippen LogP contribution in [0, 0.1) is 0 Å². The molecule has 218 valence electrons. The van der Waals surface area contributed by atoms with Crippen molar-refractivity contribution in [3.63, 3.8) is 0 Å². The zero-order chi connectivity index (χ0) is 30.1. The zero-order valence-electron chi connectivity index (χ0n) is 23.9. The number of esters is 1. The Morgan fingerprint density at radius 2 is 1.20 bits per heavy atom. The van der Waals surface area contributed by atoms with E-state index >= 15 is 0 Å². The van der Waals surface area contributed by atoms with Crippen molar-refractivity contribution in [2.24, 2.45) is 0 Å². The van der Waals surface area contributed by atoms with Gasteiger partial charge in [-0.1, -0.05) is 65.5 Å². The summed E-state index contributed by atoms with van der Waals surface area (Å²) < 4.78 is 7.66. The molecule has 1 aliphatic heterocycles. The predicted molar refractivity (Wildman–Crippen MR) is 166 cm³/mol. The van der Waals surface area contributed by atoms with Crippen LogP contribution < -0.4 is 0 Å². The number of hydrogen-bond acceptors (Lipinski definition) is 5. The highest BCUT2D eigenvalue weighted by Gasteiger charge is 2.53. The van der Waals surface area contributed by atoms with E-state index in [4.69, 9.17) is 4.74 Å². The Kier molecular flexibility index (Phi) is 9.54. The summed E-state index contributed by atoms with van der Waals surface area (Å²) >= 11 is 7.21. The summed E-state index contributed by atoms with van der Waals surface area (Å²) in [7, 11) is 0. The third-order valence-electron chi connectivity index (χ3n) is 7.80. The minimum absolute atomic E-state index is 0.00808. The largest absolute Gasteiger partial charge is 0.507 e. The molecule has 0 unspecified atom stereocenters. The third kappa shape index (κ3) is 5.18. The number of benzene rings is 3. The fraction of sp³-hybridized carbons (Fsp3) is 0.394. The first-order chi connectivity index (χ1) is 19.6. The summed E-state index contributed by atoms with van der Waals surface area (Å²) in [5, 5.41) is 32.5. The normalized spacial score (nSPS) is 13.8. The van der Waals surface area contributed by atoms with Crippen LogP contribution in [0.25, 0.3) is 0 Å². The van der Waals surface area contributed by atoms with Gasteiger partial charge in [-0.05, 0) is 98.0 Å². The van der Waals surface area contributed by atoms with Crippen LogP contribution in [-0.2, 0) is 36.0 Å². The smallest absolute Gasteiger partial charge is 0.341 e. The molecule has 1 heterocycles. The first-order valence-electron chi connectivity index (χ1n) is 14.3. The van der Waals surface area contributed by atoms with Crippen molar-refractivity contribution in [3.05, 3.63) is 89.3 Å². The van der Waals surface area contributed by atoms with Crippen molar-refractivity contribution >= 4 is 43.8 Å². The number of carboxylic acid groups (broad SMARTS) is 1. The predicted octanol–water partition coefficient (Wildman–Crippen LogP) is 8.59. The van der Waals surface area contributed by atoms with Crippen molar-refractivity contribution in [1.29, 1.82) is 0 Å². The highest BCUT2D eigenvalue weighted by molar-refractivity contribution is 9.11. The fourth-order valence-electron chi connectivity index (χ4n) is 6.23. The van der Waals surface area contributed by atoms with Crippen LogP contribution in [0.15, 0.2) is 39.3 Å². The van der Waals surface area contributed by atoms with Crippen LogP contribution in [0.1, 0.15) is 113 Å². The Hall–Kier alpha value is -2.84. The van der Waals surface area contributed by atoms with Gasteiger partial charge in [-0.15, -0.1) is 0 Å². The molecule has 0 bridgehead atoms. The summed E-state index contributed by atoms with van der Waals surface area (Å²) in [6.45, 7) is 8.26. The van der Waals surface area contributed by atoms with E-state index in [1.54, 1.807) is 24.3 Å². The van der Waals surface area contributed by atoms with Gasteiger partial charge in [0.05, 0.1) is 20.1 Å². The molecule has 8 heteroatoms. The molecule has 0 saturated carbocycles. The number of ether oxygens (including phenoxy) is 1. The molecule has 3 N–H and O–H groups in total. The van der Waals surface area contributed by atoms with Crippen LogP contribution in [0.4, 0.5) is 0 Å². The van der Waals surface area contributed by atoms with Crippen LogP contribution in [0.3, 0.4) is 0 Å². The molecule has 0 amide bonds. The Morgan fingerprint density at radius 3 is 1.61 bits per heavy atom. The number of carboxylic acids is 1. The van der Waals surface area contributed by atoms with Crippen molar-refractivity contribution in [1.82, 2.24) is 0 Å². The second-order valence-corrected chi connectivity index (χ2v) is 12.1. The summed E-state index contributed by atoms with van der Waals surface area (Å²) in [5.74, 6) is -1.96. The minimum atomic E-state index is -1.59. The highest BCUT2D eigenvalue weighted by Crippen LogP contribution is 2.54. The molecule has 0 aromatic heterocycles. The number of rotatable bonds is 11. The van der Waals surface area contributed by atoms with Gasteiger partial charge < -0.3 is 20.1 Å². The monoisotopic (exact) mass is 686 g/mol. The lowest BCUT2D eigenvalue weighted by Gasteiger charge is -2.36. The molecule has 1 aliphatic rings. The van der Waals surface area contributed by atoms with Crippen molar-refractivity contribution < 1.29 is 29.6 Å². The molecule has 0 saturated heterocycles. The van der Waals surface area contributed by atoms with Crippen LogP contribution in [0.5, 0.6) is 11.5 Å². The third-order valence-corrected chi connectivity index (χ3v) is 9.57. The number of fused-ring (bicyclic) bond motifs is 1. The number of phenols is 2. The molecule has 0 spiro atoms. The van der Waals surface area contributed by atoms with Gasteiger partial charge in [0.15, 0.2) is 5.60 Å². The molecule has 0 aliphatic carbocycles. The standard InChI is InChI=1S/C33H36Br2O6/c1-5-10-18-20(12-7-3)29(34)26(36)16-24(18)33(23-15-9-14-22(31(38)39)28(23)32(40)41-33)25-17-27(37)30(35)21(13-8-4)19(25)11-6-2/h9,14-17,36-37H,5-8,10-13H2,1-4H3,(H,38,39). The maximum absolute atomic E-state index is 13.8. The Balaban J connectivity index is 2.30. The molecule has 0 fully saturated rings. The zero-order valence-corrected chi connectivity index (χ0v) is 27.0. The molecule has 6 nitrogen and oxygen atoms in total. The van der Waals surface area contributed by atoms with E-state index in [1.165, 1.54) is 6.07 Å². The Morgan fingerprint density at radius 1 is 0.756 bits per heavy atom. The first-order valence-corrected chi connectivity index (χ1v) is 15.8. The lowest BCUT2D eigenvalue weighted by atomic mass is 9.72. The molecule has 0 radical (unpaired) electrons. The molecular formula is C33H36Br2O6. The first kappa shape index (κ1) is 31.1. The molecule has 4 rings (SSSR count). The lowest BCUT2D eigenvalue weighted by molar-refractivity contribution is 0.0242. The van der Waals surface area contributed by atoms with E-state index in [1.807, 2.05) is 0 Å². The van der Waals surface area contributed by atoms with Crippen molar-refractivity contribution in [2.45, 2.75) is 84.7 Å². The number of carbonyl (C=O) groups excluding carboxylic acids is 1. The van der Waals surface area contributed by atoms with E-state index in [0.717, 1.165) is 47.9 Å². The summed E-state index contributed by atoms with van der Waals surface area (Å²) in [4.78, 5) is 26.1. The van der Waals surface area contributed by atoms with E-state index in [2.05, 4.69) is 59.6 Å². The quantitative estimate of drug-likeness (QED) is 0.175. The van der Waals surface area contributed by atoms with E-state index in [0.29, 0.717) is 51.3 Å². The van der Waals surface area contributed by atoms with Crippen molar-refractivity contribution in [2.75, 3.05) is 0 Å². The summed E-state index contributed by atoms with van der Waals surface area (Å²) in [6.07, 6.45) is 5.88. The second-order valence-electron chi connectivity index (χ2n) is 10.5. The number of halogens is 2. The molecule has 3 aromatic rings. The van der Waals surface area contributed by atoms with Crippen LogP contribution >= 0.6 is 31.9 Å². The van der Waals surface area contributed by atoms with E-state index < -0.39 is 17.5 Å². The van der Waals surface area contributed by atoms with Gasteiger partial charge in [0.1, 0.15) is 11.5 Å².